The highest BCUT2D eigenvalue weighted by molar-refractivity contribution is 14.1. The van der Waals surface area contributed by atoms with Crippen molar-refractivity contribution >= 4 is 56.8 Å². The number of carbonyl (C=O) groups is 1. The molecule has 0 aliphatic rings. The molecule has 5 heteroatoms. The number of anilines is 1. The summed E-state index contributed by atoms with van der Waals surface area (Å²) in [7, 11) is 0. The molecule has 0 aliphatic carbocycles. The van der Waals surface area contributed by atoms with Crippen LogP contribution < -0.4 is 5.73 Å². The summed E-state index contributed by atoms with van der Waals surface area (Å²) in [5.74, 6) is -0.285. The molecule has 0 atom stereocenters. The minimum Gasteiger partial charge on any atom is -0.462 e. The average molecular weight is 431 g/mol. The number of esters is 1. The van der Waals surface area contributed by atoms with E-state index in [2.05, 4.69) is 45.2 Å². The molecule has 0 amide bonds. The van der Waals surface area contributed by atoms with Crippen LogP contribution in [-0.2, 0) is 4.74 Å². The Kier molecular flexibility index (Phi) is 5.10. The largest absolute Gasteiger partial charge is 0.462 e. The average Bonchev–Trinajstić information content (AvgIpc) is 2.21. The topological polar surface area (TPSA) is 52.3 Å². The molecule has 3 nitrogen and oxygen atoms in total. The number of halogens is 2. The molecule has 0 bridgehead atoms. The van der Waals surface area contributed by atoms with Gasteiger partial charge in [0.2, 0.25) is 0 Å². The van der Waals surface area contributed by atoms with E-state index in [0.29, 0.717) is 17.9 Å². The van der Waals surface area contributed by atoms with Crippen LogP contribution in [0.1, 0.15) is 23.7 Å². The lowest BCUT2D eigenvalue weighted by molar-refractivity contribution is 0.0505. The molecular weight excluding hydrogens is 420 g/mol. The molecule has 0 saturated carbocycles. The van der Waals surface area contributed by atoms with E-state index in [4.69, 9.17) is 10.5 Å². The van der Waals surface area contributed by atoms with Gasteiger partial charge in [0.15, 0.2) is 0 Å². The van der Waals surface area contributed by atoms with E-state index in [1.165, 1.54) is 0 Å². The number of nitrogens with two attached hydrogens (primary N) is 1. The fourth-order valence-electron chi connectivity index (χ4n) is 0.980. The number of hydrogen-bond donors (Lipinski definition) is 1. The Morgan fingerprint density at radius 1 is 1.40 bits per heavy atom. The molecule has 0 fully saturated rings. The number of carbonyl (C=O) groups excluding carboxylic acids is 1. The molecule has 0 unspecified atom stereocenters. The van der Waals surface area contributed by atoms with Crippen molar-refractivity contribution in [3.63, 3.8) is 0 Å². The van der Waals surface area contributed by atoms with Crippen LogP contribution in [0.25, 0.3) is 0 Å². The predicted octanol–water partition coefficient (Wildman–Crippen LogP) is 3.04. The zero-order valence-electron chi connectivity index (χ0n) is 8.22. The molecule has 0 aliphatic heterocycles. The number of benzene rings is 1. The molecule has 0 heterocycles. The van der Waals surface area contributed by atoms with Crippen LogP contribution in [0.5, 0.6) is 0 Å². The third kappa shape index (κ3) is 3.47. The monoisotopic (exact) mass is 431 g/mol. The Morgan fingerprint density at radius 2 is 1.93 bits per heavy atom. The summed E-state index contributed by atoms with van der Waals surface area (Å²) in [6, 6.07) is 3.49. The van der Waals surface area contributed by atoms with E-state index in [1.54, 1.807) is 12.1 Å². The van der Waals surface area contributed by atoms with Gasteiger partial charge in [-0.15, -0.1) is 0 Å². The molecule has 15 heavy (non-hydrogen) atoms. The van der Waals surface area contributed by atoms with E-state index in [9.17, 15) is 4.79 Å². The number of ether oxygens (including phenoxy) is 1. The van der Waals surface area contributed by atoms with Gasteiger partial charge in [-0.2, -0.15) is 0 Å². The van der Waals surface area contributed by atoms with Crippen LogP contribution in [0.4, 0.5) is 5.69 Å². The van der Waals surface area contributed by atoms with Gasteiger partial charge >= 0.3 is 5.97 Å². The van der Waals surface area contributed by atoms with E-state index in [1.807, 2.05) is 6.92 Å². The SMILES string of the molecule is CCCOC(=O)c1cc(I)c(N)c(I)c1. The van der Waals surface area contributed by atoms with E-state index in [0.717, 1.165) is 13.6 Å². The number of nitrogen functional groups attached to an aromatic ring is 1. The first kappa shape index (κ1) is 13.0. The lowest BCUT2D eigenvalue weighted by Gasteiger charge is -2.06. The maximum atomic E-state index is 11.5. The lowest BCUT2D eigenvalue weighted by Crippen LogP contribution is -2.07. The molecule has 0 radical (unpaired) electrons. The minimum absolute atomic E-state index is 0.285. The maximum absolute atomic E-state index is 11.5. The van der Waals surface area contributed by atoms with Gasteiger partial charge in [0, 0.05) is 7.14 Å². The second kappa shape index (κ2) is 5.88. The summed E-state index contributed by atoms with van der Waals surface area (Å²) in [6.45, 7) is 2.42. The van der Waals surface area contributed by atoms with E-state index >= 15 is 0 Å². The van der Waals surface area contributed by atoms with Gasteiger partial charge in [-0.05, 0) is 63.7 Å². The summed E-state index contributed by atoms with van der Waals surface area (Å²) in [4.78, 5) is 11.5. The molecular formula is C10H11I2NO2. The fourth-order valence-corrected chi connectivity index (χ4v) is 2.75. The number of hydrogen-bond acceptors (Lipinski definition) is 3. The van der Waals surface area contributed by atoms with Crippen molar-refractivity contribution in [2.75, 3.05) is 12.3 Å². The lowest BCUT2D eigenvalue weighted by atomic mass is 10.2. The highest BCUT2D eigenvalue weighted by Crippen LogP contribution is 2.23. The normalized spacial score (nSPS) is 10.1. The highest BCUT2D eigenvalue weighted by Gasteiger charge is 2.11. The van der Waals surface area contributed by atoms with Crippen molar-refractivity contribution in [1.82, 2.24) is 0 Å². The van der Waals surface area contributed by atoms with Crippen LogP contribution in [0, 0.1) is 7.14 Å². The first-order valence-electron chi connectivity index (χ1n) is 4.48. The van der Waals surface area contributed by atoms with Crippen LogP contribution in [0.15, 0.2) is 12.1 Å². The summed E-state index contributed by atoms with van der Waals surface area (Å²) < 4.78 is 6.80. The molecule has 0 spiro atoms. The Bertz CT molecular complexity index is 357. The van der Waals surface area contributed by atoms with Gasteiger partial charge in [0.05, 0.1) is 17.9 Å². The van der Waals surface area contributed by atoms with Gasteiger partial charge < -0.3 is 10.5 Å². The van der Waals surface area contributed by atoms with Crippen molar-refractivity contribution in [2.45, 2.75) is 13.3 Å². The van der Waals surface area contributed by atoms with Crippen molar-refractivity contribution in [3.05, 3.63) is 24.8 Å². The fraction of sp³-hybridized carbons (Fsp3) is 0.300. The standard InChI is InChI=1S/C10H11I2NO2/c1-2-3-15-10(14)6-4-7(11)9(13)8(12)5-6/h4-5H,2-3,13H2,1H3. The molecule has 82 valence electrons. The third-order valence-corrected chi connectivity index (χ3v) is 3.54. The molecule has 1 rings (SSSR count). The zero-order chi connectivity index (χ0) is 11.4. The van der Waals surface area contributed by atoms with Crippen molar-refractivity contribution in [1.29, 1.82) is 0 Å². The van der Waals surface area contributed by atoms with Gasteiger partial charge in [0.25, 0.3) is 0 Å². The summed E-state index contributed by atoms with van der Waals surface area (Å²) >= 11 is 4.22. The molecule has 2 N–H and O–H groups in total. The summed E-state index contributed by atoms with van der Waals surface area (Å²) in [5.41, 5.74) is 7.06. The van der Waals surface area contributed by atoms with Crippen LogP contribution in [0.2, 0.25) is 0 Å². The Hall–Kier alpha value is -0.0500. The highest BCUT2D eigenvalue weighted by atomic mass is 127. The quantitative estimate of drug-likeness (QED) is 0.455. The van der Waals surface area contributed by atoms with Gasteiger partial charge in [0.1, 0.15) is 0 Å². The van der Waals surface area contributed by atoms with Crippen molar-refractivity contribution in [3.8, 4) is 0 Å². The second-order valence-electron chi connectivity index (χ2n) is 2.99. The molecule has 1 aromatic rings. The van der Waals surface area contributed by atoms with Crippen LogP contribution in [0.3, 0.4) is 0 Å². The predicted molar refractivity (Wildman–Crippen MR) is 76.9 cm³/mol. The number of rotatable bonds is 3. The van der Waals surface area contributed by atoms with E-state index < -0.39 is 0 Å². The van der Waals surface area contributed by atoms with Gasteiger partial charge in [-0.3, -0.25) is 0 Å². The third-order valence-electron chi connectivity index (χ3n) is 1.75. The molecule has 0 aromatic heterocycles. The zero-order valence-corrected chi connectivity index (χ0v) is 12.5. The van der Waals surface area contributed by atoms with Gasteiger partial charge in [-0.25, -0.2) is 4.79 Å². The van der Waals surface area contributed by atoms with E-state index in [-0.39, 0.29) is 5.97 Å². The van der Waals surface area contributed by atoms with Crippen LogP contribution in [-0.4, -0.2) is 12.6 Å². The van der Waals surface area contributed by atoms with Crippen molar-refractivity contribution < 1.29 is 9.53 Å². The molecule has 0 saturated heterocycles. The van der Waals surface area contributed by atoms with Gasteiger partial charge in [-0.1, -0.05) is 6.92 Å². The Balaban J connectivity index is 2.91. The first-order valence-corrected chi connectivity index (χ1v) is 6.63. The van der Waals surface area contributed by atoms with Crippen molar-refractivity contribution in [2.24, 2.45) is 0 Å². The Morgan fingerprint density at radius 3 is 2.40 bits per heavy atom. The minimum atomic E-state index is -0.285. The van der Waals surface area contributed by atoms with Crippen LogP contribution >= 0.6 is 45.2 Å². The maximum Gasteiger partial charge on any atom is 0.338 e. The summed E-state index contributed by atoms with van der Waals surface area (Å²) in [5, 5.41) is 0. The summed E-state index contributed by atoms with van der Waals surface area (Å²) in [6.07, 6.45) is 0.828. The Labute approximate surface area is 116 Å². The first-order chi connectivity index (χ1) is 7.06. The smallest absolute Gasteiger partial charge is 0.338 e. The molecule has 1 aromatic carbocycles. The second-order valence-corrected chi connectivity index (χ2v) is 5.31.